The van der Waals surface area contributed by atoms with E-state index in [4.69, 9.17) is 9.72 Å². The van der Waals surface area contributed by atoms with Crippen molar-refractivity contribution in [2.45, 2.75) is 44.2 Å². The normalized spacial score (nSPS) is 17.6. The summed E-state index contributed by atoms with van der Waals surface area (Å²) in [5.41, 5.74) is 3.44. The van der Waals surface area contributed by atoms with Gasteiger partial charge in [0.05, 0.1) is 28.6 Å². The largest absolute Gasteiger partial charge is 0.496 e. The van der Waals surface area contributed by atoms with E-state index in [2.05, 4.69) is 15.5 Å². The lowest BCUT2D eigenvalue weighted by molar-refractivity contribution is 0.0947. The molecule has 0 radical (unpaired) electrons. The summed E-state index contributed by atoms with van der Waals surface area (Å²) < 4.78 is 37.0. The van der Waals surface area contributed by atoms with Crippen molar-refractivity contribution in [1.29, 1.82) is 0 Å². The Balaban J connectivity index is 1.17. The Kier molecular flexibility index (Phi) is 8.00. The SMILES string of the molecule is COc1cc2c(cc1C(=O)NCCCN1CCC(F)CC1)sc1nc(-c3ccc(C4CCNCC4)cc3F)cn12. The molecule has 0 atom stereocenters. The van der Waals surface area contributed by atoms with Crippen LogP contribution in [0.5, 0.6) is 5.75 Å². The Morgan fingerprint density at radius 1 is 1.18 bits per heavy atom. The summed E-state index contributed by atoms with van der Waals surface area (Å²) in [5.74, 6) is 0.416. The first kappa shape index (κ1) is 27.1. The molecule has 0 spiro atoms. The number of imidazole rings is 1. The van der Waals surface area contributed by atoms with Crippen molar-refractivity contribution in [1.82, 2.24) is 24.9 Å². The number of piperidine rings is 2. The van der Waals surface area contributed by atoms with Crippen molar-refractivity contribution in [2.24, 2.45) is 0 Å². The molecule has 7 nitrogen and oxygen atoms in total. The third-order valence-electron chi connectivity index (χ3n) is 8.19. The van der Waals surface area contributed by atoms with Gasteiger partial charge in [0.25, 0.3) is 5.91 Å². The summed E-state index contributed by atoms with van der Waals surface area (Å²) in [7, 11) is 1.55. The number of thiazole rings is 1. The fourth-order valence-corrected chi connectivity index (χ4v) is 6.90. The third-order valence-corrected chi connectivity index (χ3v) is 9.21. The highest BCUT2D eigenvalue weighted by Crippen LogP contribution is 2.35. The third kappa shape index (κ3) is 5.57. The summed E-state index contributed by atoms with van der Waals surface area (Å²) in [6, 6.07) is 9.21. The van der Waals surface area contributed by atoms with Crippen LogP contribution in [0.4, 0.5) is 8.78 Å². The Bertz CT molecular complexity index is 1510. The number of methoxy groups -OCH3 is 1. The lowest BCUT2D eigenvalue weighted by Crippen LogP contribution is -2.36. The number of alkyl halides is 1. The maximum atomic E-state index is 15.2. The van der Waals surface area contributed by atoms with Gasteiger partial charge < -0.3 is 20.3 Å². The standard InChI is InChI=1S/C30H35F2N5O2S/c1-39-27-17-26-28(16-23(27)29(38)34-9-2-12-36-13-7-21(31)8-14-36)40-30-35-25(18-37(26)30)22-4-3-20(15-24(22)32)19-5-10-33-11-6-19/h3-4,15-19,21,33H,2,5-14H2,1H3,(H,34,38). The van der Waals surface area contributed by atoms with Gasteiger partial charge in [0, 0.05) is 37.5 Å². The number of hydrogen-bond donors (Lipinski definition) is 2. The van der Waals surface area contributed by atoms with Crippen LogP contribution < -0.4 is 15.4 Å². The first-order valence-electron chi connectivity index (χ1n) is 14.1. The zero-order valence-corrected chi connectivity index (χ0v) is 23.5. The molecule has 2 fully saturated rings. The van der Waals surface area contributed by atoms with Crippen LogP contribution in [0.15, 0.2) is 36.5 Å². The molecule has 0 aliphatic carbocycles. The van der Waals surface area contributed by atoms with Crippen LogP contribution in [0.1, 0.15) is 53.9 Å². The van der Waals surface area contributed by atoms with Crippen molar-refractivity contribution in [2.75, 3.05) is 46.4 Å². The second-order valence-electron chi connectivity index (χ2n) is 10.8. The molecule has 40 heavy (non-hydrogen) atoms. The molecule has 0 saturated carbocycles. The van der Waals surface area contributed by atoms with Gasteiger partial charge in [-0.2, -0.15) is 0 Å². The fraction of sp³-hybridized carbons (Fsp3) is 0.467. The number of fused-ring (bicyclic) bond motifs is 3. The number of aromatic nitrogens is 2. The summed E-state index contributed by atoms with van der Waals surface area (Å²) >= 11 is 1.46. The van der Waals surface area contributed by atoms with E-state index in [1.165, 1.54) is 11.3 Å². The average Bonchev–Trinajstić information content (AvgIpc) is 3.53. The lowest BCUT2D eigenvalue weighted by Gasteiger charge is -2.28. The molecule has 2 N–H and O–H groups in total. The van der Waals surface area contributed by atoms with Crippen LogP contribution in [-0.4, -0.2) is 72.7 Å². The molecule has 2 aromatic heterocycles. The molecule has 0 bridgehead atoms. The quantitative estimate of drug-likeness (QED) is 0.280. The minimum atomic E-state index is -0.679. The van der Waals surface area contributed by atoms with Gasteiger partial charge in [-0.1, -0.05) is 17.4 Å². The lowest BCUT2D eigenvalue weighted by atomic mass is 9.89. The highest BCUT2D eigenvalue weighted by Gasteiger charge is 2.21. The van der Waals surface area contributed by atoms with Crippen molar-refractivity contribution in [3.05, 3.63) is 53.5 Å². The molecule has 6 rings (SSSR count). The molecule has 1 amide bonds. The van der Waals surface area contributed by atoms with E-state index in [0.717, 1.165) is 72.7 Å². The minimum Gasteiger partial charge on any atom is -0.496 e. The molecule has 2 aliphatic heterocycles. The average molecular weight is 568 g/mol. The molecule has 10 heteroatoms. The van der Waals surface area contributed by atoms with Crippen molar-refractivity contribution in [3.8, 4) is 17.0 Å². The Labute approximate surface area is 236 Å². The van der Waals surface area contributed by atoms with Gasteiger partial charge in [-0.15, -0.1) is 0 Å². The Morgan fingerprint density at radius 2 is 1.98 bits per heavy atom. The zero-order chi connectivity index (χ0) is 27.6. The van der Waals surface area contributed by atoms with E-state index >= 15 is 4.39 Å². The number of benzene rings is 2. The van der Waals surface area contributed by atoms with Gasteiger partial charge in [-0.05, 0) is 81.4 Å². The van der Waals surface area contributed by atoms with E-state index < -0.39 is 6.17 Å². The highest BCUT2D eigenvalue weighted by molar-refractivity contribution is 7.23. The minimum absolute atomic E-state index is 0.191. The fourth-order valence-electron chi connectivity index (χ4n) is 5.87. The molecular weight excluding hydrogens is 532 g/mol. The zero-order valence-electron chi connectivity index (χ0n) is 22.7. The molecule has 2 saturated heterocycles. The maximum absolute atomic E-state index is 15.2. The topological polar surface area (TPSA) is 70.9 Å². The number of carbonyl (C=O) groups excluding carboxylic acids is 1. The monoisotopic (exact) mass is 567 g/mol. The van der Waals surface area contributed by atoms with E-state index in [0.29, 0.717) is 47.9 Å². The van der Waals surface area contributed by atoms with E-state index in [1.54, 1.807) is 13.2 Å². The van der Waals surface area contributed by atoms with Gasteiger partial charge in [-0.3, -0.25) is 9.20 Å². The van der Waals surface area contributed by atoms with Crippen molar-refractivity contribution >= 4 is 32.4 Å². The molecule has 4 aromatic rings. The maximum Gasteiger partial charge on any atom is 0.255 e. The first-order valence-corrected chi connectivity index (χ1v) is 15.0. The summed E-state index contributed by atoms with van der Waals surface area (Å²) in [6.45, 7) is 4.86. The molecular formula is C30H35F2N5O2S. The van der Waals surface area contributed by atoms with Crippen molar-refractivity contribution < 1.29 is 18.3 Å². The molecule has 212 valence electrons. The summed E-state index contributed by atoms with van der Waals surface area (Å²) in [5, 5.41) is 6.35. The van der Waals surface area contributed by atoms with Gasteiger partial charge in [0.15, 0.2) is 4.96 Å². The second-order valence-corrected chi connectivity index (χ2v) is 11.8. The van der Waals surface area contributed by atoms with Gasteiger partial charge in [0.2, 0.25) is 0 Å². The number of nitrogens with zero attached hydrogens (tertiary/aromatic N) is 3. The molecule has 0 unspecified atom stereocenters. The molecule has 2 aromatic carbocycles. The van der Waals surface area contributed by atoms with Crippen LogP contribution in [0.3, 0.4) is 0 Å². The van der Waals surface area contributed by atoms with Crippen LogP contribution in [0.2, 0.25) is 0 Å². The molecule has 2 aliphatic rings. The summed E-state index contributed by atoms with van der Waals surface area (Å²) in [4.78, 5) is 20.7. The number of amides is 1. The number of rotatable bonds is 8. The summed E-state index contributed by atoms with van der Waals surface area (Å²) in [6.07, 6.45) is 5.20. The van der Waals surface area contributed by atoms with Crippen LogP contribution in [0, 0.1) is 5.82 Å². The van der Waals surface area contributed by atoms with Crippen LogP contribution in [-0.2, 0) is 0 Å². The number of carbonyl (C=O) groups is 1. The van der Waals surface area contributed by atoms with Crippen molar-refractivity contribution in [3.63, 3.8) is 0 Å². The number of likely N-dealkylation sites (tertiary alicyclic amines) is 1. The Morgan fingerprint density at radius 3 is 2.73 bits per heavy atom. The van der Waals surface area contributed by atoms with Crippen LogP contribution >= 0.6 is 11.3 Å². The predicted molar refractivity (Wildman–Crippen MR) is 155 cm³/mol. The molecule has 4 heterocycles. The van der Waals surface area contributed by atoms with E-state index in [9.17, 15) is 9.18 Å². The van der Waals surface area contributed by atoms with E-state index in [-0.39, 0.29) is 11.7 Å². The Hall–Kier alpha value is -3.08. The number of ether oxygens (including phenoxy) is 1. The number of hydrogen-bond acceptors (Lipinski definition) is 6. The number of halogens is 2. The van der Waals surface area contributed by atoms with Gasteiger partial charge >= 0.3 is 0 Å². The van der Waals surface area contributed by atoms with Gasteiger partial charge in [0.1, 0.15) is 17.7 Å². The second kappa shape index (κ2) is 11.8. The smallest absolute Gasteiger partial charge is 0.255 e. The predicted octanol–water partition coefficient (Wildman–Crippen LogP) is 5.38. The van der Waals surface area contributed by atoms with Gasteiger partial charge in [-0.25, -0.2) is 13.8 Å². The number of nitrogens with one attached hydrogen (secondary N) is 2. The van der Waals surface area contributed by atoms with E-state index in [1.807, 2.05) is 34.9 Å². The first-order chi connectivity index (χ1) is 19.5. The highest BCUT2D eigenvalue weighted by atomic mass is 32.1. The van der Waals surface area contributed by atoms with Crippen LogP contribution in [0.25, 0.3) is 26.4 Å².